The average molecular weight is 579 g/mol. The average Bonchev–Trinajstić information content (AvgIpc) is 3.49. The van der Waals surface area contributed by atoms with Crippen LogP contribution in [0, 0.1) is 29.1 Å². The first-order valence-corrected chi connectivity index (χ1v) is 15.7. The number of aromatic hydroxyl groups is 1. The quantitative estimate of drug-likeness (QED) is 0.335. The van der Waals surface area contributed by atoms with E-state index in [-0.39, 0.29) is 48.0 Å². The van der Waals surface area contributed by atoms with Gasteiger partial charge in [0, 0.05) is 23.7 Å². The second kappa shape index (κ2) is 11.0. The zero-order valence-corrected chi connectivity index (χ0v) is 24.6. The number of phenolic OH excluding ortho intramolecular Hbond substituents is 1. The lowest BCUT2D eigenvalue weighted by Crippen LogP contribution is -2.52. The van der Waals surface area contributed by atoms with Crippen molar-refractivity contribution in [1.29, 1.82) is 0 Å². The zero-order valence-electron chi connectivity index (χ0n) is 24.6. The third-order valence-electron chi connectivity index (χ3n) is 10.3. The lowest BCUT2D eigenvalue weighted by molar-refractivity contribution is -0.135. The summed E-state index contributed by atoms with van der Waals surface area (Å²) in [4.78, 5) is 27.7. The molecule has 2 aromatic carbocycles. The van der Waals surface area contributed by atoms with Crippen LogP contribution in [0.3, 0.4) is 0 Å². The predicted octanol–water partition coefficient (Wildman–Crippen LogP) is 6.80. The molecule has 2 N–H and O–H groups in total. The van der Waals surface area contributed by atoms with Crippen LogP contribution < -0.4 is 0 Å². The van der Waals surface area contributed by atoms with Crippen LogP contribution in [0.25, 0.3) is 5.57 Å². The van der Waals surface area contributed by atoms with Crippen molar-refractivity contribution >= 4 is 17.5 Å². The molecule has 6 heteroatoms. The number of esters is 2. The van der Waals surface area contributed by atoms with E-state index in [1.165, 1.54) is 0 Å². The number of phenols is 1. The maximum Gasteiger partial charge on any atom is 0.340 e. The fourth-order valence-corrected chi connectivity index (χ4v) is 8.73. The Morgan fingerprint density at radius 3 is 2.63 bits per heavy atom. The van der Waals surface area contributed by atoms with Crippen molar-refractivity contribution in [3.63, 3.8) is 0 Å². The number of benzene rings is 2. The van der Waals surface area contributed by atoms with Crippen molar-refractivity contribution in [2.24, 2.45) is 29.1 Å². The Kier molecular flexibility index (Phi) is 7.13. The van der Waals surface area contributed by atoms with Gasteiger partial charge >= 0.3 is 11.9 Å². The Balaban J connectivity index is 1.44. The number of allylic oxidation sites excluding steroid dienone is 5. The molecule has 43 heavy (non-hydrogen) atoms. The van der Waals surface area contributed by atoms with Gasteiger partial charge in [-0.1, -0.05) is 55.8 Å². The smallest absolute Gasteiger partial charge is 0.340 e. The second-order valence-corrected chi connectivity index (χ2v) is 12.7. The Bertz CT molecular complexity index is 1590. The Morgan fingerprint density at radius 1 is 1.02 bits per heavy atom. The molecule has 0 aromatic heterocycles. The number of unbranched alkanes of at least 4 members (excludes halogenated alkanes) is 1. The van der Waals surface area contributed by atoms with Crippen molar-refractivity contribution in [3.8, 4) is 5.75 Å². The van der Waals surface area contributed by atoms with E-state index in [4.69, 9.17) is 9.47 Å². The number of carbonyl (C=O) groups is 2. The monoisotopic (exact) mass is 578 g/mol. The molecule has 6 aliphatic rings. The van der Waals surface area contributed by atoms with Gasteiger partial charge in [0.05, 0.1) is 11.0 Å². The number of carbonyl (C=O) groups excluding carboxylic acids is 2. The van der Waals surface area contributed by atoms with E-state index < -0.39 is 5.41 Å². The molecule has 1 saturated heterocycles. The zero-order chi connectivity index (χ0) is 29.7. The highest BCUT2D eigenvalue weighted by atomic mass is 16.5. The fourth-order valence-electron chi connectivity index (χ4n) is 8.73. The molecule has 2 fully saturated rings. The highest BCUT2D eigenvalue weighted by molar-refractivity contribution is 6.06. The van der Waals surface area contributed by atoms with E-state index in [0.717, 1.165) is 60.0 Å². The summed E-state index contributed by atoms with van der Waals surface area (Å²) in [6.45, 7) is 2.12. The largest absolute Gasteiger partial charge is 0.508 e. The van der Waals surface area contributed by atoms with Crippen LogP contribution in [-0.2, 0) is 25.5 Å². The van der Waals surface area contributed by atoms with E-state index in [1.807, 2.05) is 36.4 Å². The van der Waals surface area contributed by atoms with Crippen molar-refractivity contribution in [3.05, 3.63) is 106 Å². The maximum absolute atomic E-state index is 14.0. The molecule has 0 unspecified atom stereocenters. The molecule has 2 heterocycles. The molecule has 2 aliphatic heterocycles. The van der Waals surface area contributed by atoms with E-state index >= 15 is 0 Å². The number of cyclic esters (lactones) is 2. The summed E-state index contributed by atoms with van der Waals surface area (Å²) in [5, 5.41) is 20.4. The molecule has 2 bridgehead atoms. The summed E-state index contributed by atoms with van der Waals surface area (Å²) < 4.78 is 12.2. The molecule has 2 aromatic rings. The number of ether oxygens (including phenoxy) is 2. The standard InChI is InChI=1S/C37H38O6/c1-2-3-12-29-28-14-13-27-26-15-17-37(33(27)32(28)35(40)42-29)30(20-23(16-18-38)19-22-8-5-4-6-9-22)43-36(41)34(37)31(26)24-10-7-11-25(39)21-24/h4-12,20-21,23,26-27,33,38-39H,2-3,13-19H2,1H3/b29-12-,30-20-/t23-,26-,27+,33-,37-/m1/s1. The third kappa shape index (κ3) is 4.41. The van der Waals surface area contributed by atoms with Gasteiger partial charge in [-0.25, -0.2) is 9.59 Å². The number of hydrogen-bond donors (Lipinski definition) is 2. The topological polar surface area (TPSA) is 93.1 Å². The van der Waals surface area contributed by atoms with E-state index in [2.05, 4.69) is 25.1 Å². The number of aliphatic hydroxyl groups excluding tert-OH is 1. The molecule has 4 aliphatic carbocycles. The Morgan fingerprint density at radius 2 is 1.86 bits per heavy atom. The maximum atomic E-state index is 14.0. The van der Waals surface area contributed by atoms with Crippen molar-refractivity contribution in [2.45, 2.75) is 58.3 Å². The third-order valence-corrected chi connectivity index (χ3v) is 10.3. The van der Waals surface area contributed by atoms with Crippen LogP contribution in [-0.4, -0.2) is 28.8 Å². The minimum Gasteiger partial charge on any atom is -0.508 e. The minimum atomic E-state index is -0.804. The highest BCUT2D eigenvalue weighted by Gasteiger charge is 2.68. The molecule has 6 nitrogen and oxygen atoms in total. The van der Waals surface area contributed by atoms with Gasteiger partial charge < -0.3 is 19.7 Å². The van der Waals surface area contributed by atoms with E-state index in [0.29, 0.717) is 36.4 Å². The predicted molar refractivity (Wildman–Crippen MR) is 162 cm³/mol. The second-order valence-electron chi connectivity index (χ2n) is 12.7. The summed E-state index contributed by atoms with van der Waals surface area (Å²) in [6, 6.07) is 17.3. The van der Waals surface area contributed by atoms with Crippen LogP contribution in [0.5, 0.6) is 5.75 Å². The number of aliphatic hydroxyl groups is 1. The van der Waals surface area contributed by atoms with Gasteiger partial charge in [0.25, 0.3) is 0 Å². The van der Waals surface area contributed by atoms with Crippen molar-refractivity contribution in [1.82, 2.24) is 0 Å². The molecule has 0 radical (unpaired) electrons. The minimum absolute atomic E-state index is 0.0147. The summed E-state index contributed by atoms with van der Waals surface area (Å²) in [7, 11) is 0. The molecule has 0 amide bonds. The van der Waals surface area contributed by atoms with Crippen LogP contribution >= 0.6 is 0 Å². The van der Waals surface area contributed by atoms with Crippen molar-refractivity contribution < 1.29 is 29.3 Å². The SMILES string of the molecule is CCC/C=C1\OC(=O)C2=C1CC[C@H]1[C@H]3CC[C@]4(C(=C3c3cccc(O)c3)C(=O)O/C4=C\[C@H](CCO)Cc3ccccc3)[C@@H]21. The lowest BCUT2D eigenvalue weighted by atomic mass is 9.44. The van der Waals surface area contributed by atoms with Gasteiger partial charge in [0.15, 0.2) is 0 Å². The molecular weight excluding hydrogens is 540 g/mol. The summed E-state index contributed by atoms with van der Waals surface area (Å²) in [5.41, 5.74) is 4.49. The van der Waals surface area contributed by atoms with Gasteiger partial charge in [-0.05, 0) is 104 Å². The summed E-state index contributed by atoms with van der Waals surface area (Å²) >= 11 is 0. The Labute approximate surface area is 252 Å². The van der Waals surface area contributed by atoms with Gasteiger partial charge in [-0.3, -0.25) is 0 Å². The molecule has 5 atom stereocenters. The molecule has 1 saturated carbocycles. The number of rotatable bonds is 8. The number of fused-ring (bicyclic) bond motifs is 1. The molecule has 222 valence electrons. The lowest BCUT2D eigenvalue weighted by Gasteiger charge is -2.56. The normalized spacial score (nSPS) is 30.0. The van der Waals surface area contributed by atoms with Crippen LogP contribution in [0.15, 0.2) is 95.0 Å². The Hall–Kier alpha value is -3.90. The van der Waals surface area contributed by atoms with Crippen LogP contribution in [0.4, 0.5) is 0 Å². The van der Waals surface area contributed by atoms with Crippen LogP contribution in [0.1, 0.15) is 63.0 Å². The first-order valence-electron chi connectivity index (χ1n) is 15.7. The van der Waals surface area contributed by atoms with E-state index in [9.17, 15) is 19.8 Å². The summed E-state index contributed by atoms with van der Waals surface area (Å²) in [5.74, 6) is 0.723. The number of hydrogen-bond acceptors (Lipinski definition) is 6. The van der Waals surface area contributed by atoms with Gasteiger partial charge in [-0.15, -0.1) is 0 Å². The van der Waals surface area contributed by atoms with Crippen molar-refractivity contribution in [2.75, 3.05) is 6.61 Å². The van der Waals surface area contributed by atoms with Gasteiger partial charge in [0.2, 0.25) is 0 Å². The van der Waals surface area contributed by atoms with E-state index in [1.54, 1.807) is 12.1 Å². The summed E-state index contributed by atoms with van der Waals surface area (Å²) in [6.07, 6.45) is 10.4. The first-order chi connectivity index (χ1) is 21.0. The van der Waals surface area contributed by atoms with Gasteiger partial charge in [0.1, 0.15) is 17.3 Å². The molecule has 1 spiro atoms. The van der Waals surface area contributed by atoms with Gasteiger partial charge in [-0.2, -0.15) is 0 Å². The highest BCUT2D eigenvalue weighted by Crippen LogP contribution is 2.71. The van der Waals surface area contributed by atoms with Crippen LogP contribution in [0.2, 0.25) is 0 Å². The fraction of sp³-hybridized carbons (Fsp3) is 0.405. The molecule has 8 rings (SSSR count). The first kappa shape index (κ1) is 27.9. The molecular formula is C37H38O6.